The highest BCUT2D eigenvalue weighted by Crippen LogP contribution is 2.15. The lowest BCUT2D eigenvalue weighted by Gasteiger charge is -2.21. The number of para-hydroxylation sites is 1. The van der Waals surface area contributed by atoms with Gasteiger partial charge in [0.05, 0.1) is 18.5 Å². The SMILES string of the molecule is COCCN(C(=O)c1cnn(-c2ccccc2)n1)c1ccncc1. The molecule has 0 unspecified atom stereocenters. The molecule has 122 valence electrons. The number of hydrogen-bond donors (Lipinski definition) is 0. The molecule has 2 heterocycles. The van der Waals surface area contributed by atoms with Crippen LogP contribution in [0.2, 0.25) is 0 Å². The molecule has 0 aliphatic carbocycles. The smallest absolute Gasteiger partial charge is 0.280 e. The lowest BCUT2D eigenvalue weighted by atomic mass is 10.3. The van der Waals surface area contributed by atoms with Gasteiger partial charge in [0.2, 0.25) is 0 Å². The van der Waals surface area contributed by atoms with Crippen molar-refractivity contribution < 1.29 is 9.53 Å². The number of rotatable bonds is 6. The molecule has 0 bridgehead atoms. The Morgan fingerprint density at radius 2 is 1.92 bits per heavy atom. The summed E-state index contributed by atoms with van der Waals surface area (Å²) in [5.74, 6) is -0.236. The first-order valence-corrected chi connectivity index (χ1v) is 7.48. The lowest BCUT2D eigenvalue weighted by Crippen LogP contribution is -2.34. The Morgan fingerprint density at radius 3 is 2.62 bits per heavy atom. The van der Waals surface area contributed by atoms with E-state index in [0.717, 1.165) is 11.4 Å². The number of aromatic nitrogens is 4. The van der Waals surface area contributed by atoms with Crippen molar-refractivity contribution in [3.8, 4) is 5.69 Å². The second kappa shape index (κ2) is 7.47. The first-order chi connectivity index (χ1) is 11.8. The second-order valence-electron chi connectivity index (χ2n) is 5.01. The van der Waals surface area contributed by atoms with Crippen LogP contribution in [0.25, 0.3) is 5.69 Å². The number of anilines is 1. The minimum absolute atomic E-state index is 0.236. The number of methoxy groups -OCH3 is 1. The molecule has 0 fully saturated rings. The Morgan fingerprint density at radius 1 is 1.17 bits per heavy atom. The van der Waals surface area contributed by atoms with Crippen LogP contribution in [0.15, 0.2) is 61.1 Å². The highest BCUT2D eigenvalue weighted by Gasteiger charge is 2.20. The molecule has 0 saturated heterocycles. The fourth-order valence-electron chi connectivity index (χ4n) is 2.24. The van der Waals surface area contributed by atoms with Crippen LogP contribution in [-0.4, -0.2) is 46.1 Å². The topological polar surface area (TPSA) is 73.1 Å². The van der Waals surface area contributed by atoms with Gasteiger partial charge in [-0.05, 0) is 24.3 Å². The maximum Gasteiger partial charge on any atom is 0.280 e. The molecule has 7 heteroatoms. The molecule has 0 radical (unpaired) electrons. The summed E-state index contributed by atoms with van der Waals surface area (Å²) < 4.78 is 5.10. The quantitative estimate of drug-likeness (QED) is 0.693. The zero-order valence-electron chi connectivity index (χ0n) is 13.2. The molecular formula is C17H17N5O2. The molecule has 2 aromatic heterocycles. The molecule has 0 spiro atoms. The molecule has 24 heavy (non-hydrogen) atoms. The van der Waals surface area contributed by atoms with Gasteiger partial charge in [-0.3, -0.25) is 9.78 Å². The van der Waals surface area contributed by atoms with Gasteiger partial charge in [0.1, 0.15) is 0 Å². The Labute approximate surface area is 139 Å². The standard InChI is InChI=1S/C17H17N5O2/c1-24-12-11-21(14-7-9-18-10-8-14)17(23)16-13-19-22(20-16)15-5-3-2-4-6-15/h2-10,13H,11-12H2,1H3. The maximum absolute atomic E-state index is 12.8. The van der Waals surface area contributed by atoms with Gasteiger partial charge < -0.3 is 9.64 Å². The van der Waals surface area contributed by atoms with E-state index in [1.807, 2.05) is 30.3 Å². The number of ether oxygens (including phenoxy) is 1. The molecule has 0 atom stereocenters. The third kappa shape index (κ3) is 3.47. The molecule has 1 amide bonds. The fraction of sp³-hybridized carbons (Fsp3) is 0.176. The average Bonchev–Trinajstić information content (AvgIpc) is 3.14. The van der Waals surface area contributed by atoms with Crippen LogP contribution in [0.4, 0.5) is 5.69 Å². The largest absolute Gasteiger partial charge is 0.383 e. The van der Waals surface area contributed by atoms with Crippen LogP contribution in [0, 0.1) is 0 Å². The van der Waals surface area contributed by atoms with E-state index in [1.54, 1.807) is 36.5 Å². The van der Waals surface area contributed by atoms with E-state index in [4.69, 9.17) is 4.74 Å². The third-order valence-electron chi connectivity index (χ3n) is 3.44. The van der Waals surface area contributed by atoms with Gasteiger partial charge in [0.15, 0.2) is 5.69 Å². The van der Waals surface area contributed by atoms with E-state index >= 15 is 0 Å². The van der Waals surface area contributed by atoms with E-state index < -0.39 is 0 Å². The predicted molar refractivity (Wildman–Crippen MR) is 89.1 cm³/mol. The van der Waals surface area contributed by atoms with Crippen molar-refractivity contribution in [1.29, 1.82) is 0 Å². The van der Waals surface area contributed by atoms with E-state index in [2.05, 4.69) is 15.2 Å². The Kier molecular flexibility index (Phi) is 4.93. The molecule has 0 N–H and O–H groups in total. The second-order valence-corrected chi connectivity index (χ2v) is 5.01. The van der Waals surface area contributed by atoms with Crippen molar-refractivity contribution in [3.63, 3.8) is 0 Å². The van der Waals surface area contributed by atoms with Gasteiger partial charge in [0, 0.05) is 31.7 Å². The number of pyridine rings is 1. The lowest BCUT2D eigenvalue weighted by molar-refractivity contribution is 0.0970. The normalized spacial score (nSPS) is 10.5. The zero-order chi connectivity index (χ0) is 16.8. The molecule has 0 saturated carbocycles. The summed E-state index contributed by atoms with van der Waals surface area (Å²) in [6, 6.07) is 13.0. The molecule has 3 aromatic rings. The van der Waals surface area contributed by atoms with E-state index in [0.29, 0.717) is 13.2 Å². The van der Waals surface area contributed by atoms with Crippen LogP contribution in [0.3, 0.4) is 0 Å². The van der Waals surface area contributed by atoms with Crippen molar-refractivity contribution in [3.05, 3.63) is 66.7 Å². The van der Waals surface area contributed by atoms with Crippen LogP contribution >= 0.6 is 0 Å². The number of benzene rings is 1. The average molecular weight is 323 g/mol. The summed E-state index contributed by atoms with van der Waals surface area (Å²) in [5, 5.41) is 8.47. The fourth-order valence-corrected chi connectivity index (χ4v) is 2.24. The predicted octanol–water partition coefficient (Wildman–Crippen LogP) is 1.96. The maximum atomic E-state index is 12.8. The van der Waals surface area contributed by atoms with Crippen LogP contribution < -0.4 is 4.90 Å². The number of nitrogens with zero attached hydrogens (tertiary/aromatic N) is 5. The van der Waals surface area contributed by atoms with Gasteiger partial charge in [0.25, 0.3) is 5.91 Å². The Hall–Kier alpha value is -3.06. The first kappa shape index (κ1) is 15.8. The van der Waals surface area contributed by atoms with Crippen molar-refractivity contribution >= 4 is 11.6 Å². The highest BCUT2D eigenvalue weighted by molar-refractivity contribution is 6.04. The van der Waals surface area contributed by atoms with Gasteiger partial charge in [-0.1, -0.05) is 18.2 Å². The molecule has 3 rings (SSSR count). The molecule has 0 aliphatic heterocycles. The molecule has 7 nitrogen and oxygen atoms in total. The van der Waals surface area contributed by atoms with Crippen LogP contribution in [-0.2, 0) is 4.74 Å². The van der Waals surface area contributed by atoms with Crippen molar-refractivity contribution in [2.75, 3.05) is 25.2 Å². The Balaban J connectivity index is 1.86. The van der Waals surface area contributed by atoms with Gasteiger partial charge >= 0.3 is 0 Å². The molecule has 0 aliphatic rings. The van der Waals surface area contributed by atoms with Gasteiger partial charge in [-0.2, -0.15) is 9.90 Å². The summed E-state index contributed by atoms with van der Waals surface area (Å²) in [6.07, 6.45) is 4.75. The first-order valence-electron chi connectivity index (χ1n) is 7.48. The third-order valence-corrected chi connectivity index (χ3v) is 3.44. The van der Waals surface area contributed by atoms with E-state index in [1.165, 1.54) is 11.0 Å². The Bertz CT molecular complexity index is 789. The van der Waals surface area contributed by atoms with Crippen LogP contribution in [0.5, 0.6) is 0 Å². The van der Waals surface area contributed by atoms with Crippen molar-refractivity contribution in [1.82, 2.24) is 20.0 Å². The van der Waals surface area contributed by atoms with Crippen LogP contribution in [0.1, 0.15) is 10.5 Å². The monoisotopic (exact) mass is 323 g/mol. The zero-order valence-corrected chi connectivity index (χ0v) is 13.2. The van der Waals surface area contributed by atoms with E-state index in [9.17, 15) is 4.79 Å². The minimum Gasteiger partial charge on any atom is -0.383 e. The van der Waals surface area contributed by atoms with Gasteiger partial charge in [-0.15, -0.1) is 5.10 Å². The summed E-state index contributed by atoms with van der Waals surface area (Å²) in [7, 11) is 1.60. The minimum atomic E-state index is -0.236. The summed E-state index contributed by atoms with van der Waals surface area (Å²) in [6.45, 7) is 0.832. The molecular weight excluding hydrogens is 306 g/mol. The van der Waals surface area contributed by atoms with E-state index in [-0.39, 0.29) is 11.6 Å². The summed E-state index contributed by atoms with van der Waals surface area (Å²) in [5.41, 5.74) is 1.80. The summed E-state index contributed by atoms with van der Waals surface area (Å²) >= 11 is 0. The van der Waals surface area contributed by atoms with Gasteiger partial charge in [-0.25, -0.2) is 0 Å². The van der Waals surface area contributed by atoms with Crippen molar-refractivity contribution in [2.45, 2.75) is 0 Å². The molecule has 1 aromatic carbocycles. The number of carbonyl (C=O) groups is 1. The van der Waals surface area contributed by atoms with Crippen molar-refractivity contribution in [2.24, 2.45) is 0 Å². The number of hydrogen-bond acceptors (Lipinski definition) is 5. The number of amides is 1. The highest BCUT2D eigenvalue weighted by atomic mass is 16.5. The number of carbonyl (C=O) groups excluding carboxylic acids is 1. The summed E-state index contributed by atoms with van der Waals surface area (Å²) in [4.78, 5) is 19.9.